The number of aryl methyl sites for hydroxylation is 1. The first kappa shape index (κ1) is 17.8. The van der Waals surface area contributed by atoms with Gasteiger partial charge in [0.1, 0.15) is 5.54 Å². The van der Waals surface area contributed by atoms with Crippen LogP contribution in [0.25, 0.3) is 0 Å². The number of nitrogens with zero attached hydrogens (tertiary/aromatic N) is 1. The highest BCUT2D eigenvalue weighted by molar-refractivity contribution is 5.44. The predicted molar refractivity (Wildman–Crippen MR) is 80.9 cm³/mol. The van der Waals surface area contributed by atoms with Crippen LogP contribution in [0.3, 0.4) is 0 Å². The van der Waals surface area contributed by atoms with E-state index in [1.807, 2.05) is 19.1 Å². The molecular formula is C15H26N2O4. The van der Waals surface area contributed by atoms with Crippen LogP contribution in [-0.4, -0.2) is 46.5 Å². The van der Waals surface area contributed by atoms with Gasteiger partial charge in [0.05, 0.1) is 11.9 Å². The van der Waals surface area contributed by atoms with E-state index in [0.717, 1.165) is 12.1 Å². The Morgan fingerprint density at radius 2 is 1.71 bits per heavy atom. The standard InChI is InChI=1S/C15H26N2O4/c1-5-11-8-9-12(10-16-11)17-15(4,13(18)20-6-2)14(19)21-7-3/h8-10,13-14,17-19H,5-7H2,1-4H3. The summed E-state index contributed by atoms with van der Waals surface area (Å²) < 4.78 is 10.4. The largest absolute Gasteiger partial charge is 0.370 e. The summed E-state index contributed by atoms with van der Waals surface area (Å²) >= 11 is 0. The summed E-state index contributed by atoms with van der Waals surface area (Å²) in [6.45, 7) is 7.86. The zero-order valence-corrected chi connectivity index (χ0v) is 13.2. The molecule has 0 aliphatic heterocycles. The summed E-state index contributed by atoms with van der Waals surface area (Å²) in [4.78, 5) is 4.28. The second-order valence-electron chi connectivity index (χ2n) is 4.91. The van der Waals surface area contributed by atoms with Crippen LogP contribution < -0.4 is 5.32 Å². The molecule has 0 amide bonds. The number of pyridine rings is 1. The fourth-order valence-corrected chi connectivity index (χ4v) is 1.93. The van der Waals surface area contributed by atoms with Crippen molar-refractivity contribution in [3.05, 3.63) is 24.0 Å². The third-order valence-corrected chi connectivity index (χ3v) is 3.28. The minimum absolute atomic E-state index is 0.324. The number of aliphatic hydroxyl groups is 2. The minimum Gasteiger partial charge on any atom is -0.370 e. The van der Waals surface area contributed by atoms with E-state index in [0.29, 0.717) is 18.9 Å². The molecule has 21 heavy (non-hydrogen) atoms. The smallest absolute Gasteiger partial charge is 0.182 e. The number of aliphatic hydroxyl groups excluding tert-OH is 2. The van der Waals surface area contributed by atoms with Crippen molar-refractivity contribution in [3.63, 3.8) is 0 Å². The summed E-state index contributed by atoms with van der Waals surface area (Å²) in [5.74, 6) is 0. The van der Waals surface area contributed by atoms with Gasteiger partial charge < -0.3 is 25.0 Å². The summed E-state index contributed by atoms with van der Waals surface area (Å²) in [6.07, 6.45) is 0.0551. The molecule has 2 atom stereocenters. The maximum Gasteiger partial charge on any atom is 0.182 e. The van der Waals surface area contributed by atoms with Crippen LogP contribution in [0.1, 0.15) is 33.4 Å². The van der Waals surface area contributed by atoms with E-state index in [1.165, 1.54) is 0 Å². The number of hydrogen-bond acceptors (Lipinski definition) is 6. The van der Waals surface area contributed by atoms with E-state index in [2.05, 4.69) is 10.3 Å². The zero-order valence-electron chi connectivity index (χ0n) is 13.2. The minimum atomic E-state index is -1.23. The molecule has 6 heteroatoms. The molecule has 1 aromatic heterocycles. The van der Waals surface area contributed by atoms with Gasteiger partial charge in [-0.1, -0.05) is 6.92 Å². The lowest BCUT2D eigenvalue weighted by Crippen LogP contribution is -2.57. The normalized spacial score (nSPS) is 17.0. The summed E-state index contributed by atoms with van der Waals surface area (Å²) in [5.41, 5.74) is 0.437. The van der Waals surface area contributed by atoms with Gasteiger partial charge in [-0.3, -0.25) is 4.98 Å². The molecule has 0 aliphatic rings. The third kappa shape index (κ3) is 4.64. The first-order chi connectivity index (χ1) is 9.97. The van der Waals surface area contributed by atoms with Crippen LogP contribution in [0, 0.1) is 0 Å². The van der Waals surface area contributed by atoms with Crippen molar-refractivity contribution >= 4 is 5.69 Å². The second-order valence-corrected chi connectivity index (χ2v) is 4.91. The molecule has 0 aliphatic carbocycles. The van der Waals surface area contributed by atoms with Gasteiger partial charge in [0.15, 0.2) is 12.6 Å². The molecular weight excluding hydrogens is 272 g/mol. The van der Waals surface area contributed by atoms with Gasteiger partial charge in [-0.15, -0.1) is 0 Å². The fraction of sp³-hybridized carbons (Fsp3) is 0.667. The Hall–Kier alpha value is -1.21. The van der Waals surface area contributed by atoms with E-state index in [4.69, 9.17) is 9.47 Å². The maximum atomic E-state index is 10.2. The molecule has 0 aromatic carbocycles. The number of ether oxygens (including phenoxy) is 2. The number of anilines is 1. The highest BCUT2D eigenvalue weighted by atomic mass is 16.6. The average molecular weight is 298 g/mol. The van der Waals surface area contributed by atoms with Crippen molar-refractivity contribution < 1.29 is 19.7 Å². The van der Waals surface area contributed by atoms with Gasteiger partial charge in [0.25, 0.3) is 0 Å². The van der Waals surface area contributed by atoms with E-state index >= 15 is 0 Å². The summed E-state index contributed by atoms with van der Waals surface area (Å²) in [7, 11) is 0. The van der Waals surface area contributed by atoms with Crippen LogP contribution in [0.2, 0.25) is 0 Å². The lowest BCUT2D eigenvalue weighted by molar-refractivity contribution is -0.214. The highest BCUT2D eigenvalue weighted by Crippen LogP contribution is 2.24. The van der Waals surface area contributed by atoms with Crippen LogP contribution >= 0.6 is 0 Å². The number of hydrogen-bond donors (Lipinski definition) is 3. The third-order valence-electron chi connectivity index (χ3n) is 3.28. The molecule has 1 aromatic rings. The predicted octanol–water partition coefficient (Wildman–Crippen LogP) is 1.52. The van der Waals surface area contributed by atoms with Gasteiger partial charge >= 0.3 is 0 Å². The van der Waals surface area contributed by atoms with Gasteiger partial charge in [0, 0.05) is 18.9 Å². The Balaban J connectivity index is 2.94. The molecule has 1 heterocycles. The topological polar surface area (TPSA) is 83.8 Å². The van der Waals surface area contributed by atoms with Crippen molar-refractivity contribution in [1.82, 2.24) is 4.98 Å². The van der Waals surface area contributed by atoms with Crippen molar-refractivity contribution in [1.29, 1.82) is 0 Å². The first-order valence-corrected chi connectivity index (χ1v) is 7.30. The summed E-state index contributed by atoms with van der Waals surface area (Å²) in [6, 6.07) is 3.74. The maximum absolute atomic E-state index is 10.2. The van der Waals surface area contributed by atoms with E-state index < -0.39 is 18.1 Å². The zero-order chi connectivity index (χ0) is 15.9. The average Bonchev–Trinajstić information content (AvgIpc) is 2.48. The van der Waals surface area contributed by atoms with Gasteiger partial charge in [-0.2, -0.15) is 0 Å². The van der Waals surface area contributed by atoms with Crippen molar-refractivity contribution in [2.75, 3.05) is 18.5 Å². The second kappa shape index (κ2) is 8.29. The Morgan fingerprint density at radius 1 is 1.14 bits per heavy atom. The molecule has 0 saturated carbocycles. The Morgan fingerprint density at radius 3 is 2.10 bits per heavy atom. The number of aromatic nitrogens is 1. The van der Waals surface area contributed by atoms with Crippen molar-refractivity contribution in [3.8, 4) is 0 Å². The lowest BCUT2D eigenvalue weighted by Gasteiger charge is -2.38. The Kier molecular flexibility index (Phi) is 7.04. The molecule has 0 radical (unpaired) electrons. The first-order valence-electron chi connectivity index (χ1n) is 7.30. The van der Waals surface area contributed by atoms with Crippen molar-refractivity contribution in [2.24, 2.45) is 0 Å². The Bertz CT molecular complexity index is 399. The van der Waals surface area contributed by atoms with Crippen LogP contribution in [0.5, 0.6) is 0 Å². The molecule has 0 saturated heterocycles. The van der Waals surface area contributed by atoms with E-state index in [1.54, 1.807) is 27.0 Å². The molecule has 3 N–H and O–H groups in total. The van der Waals surface area contributed by atoms with Gasteiger partial charge in [-0.05, 0) is 39.3 Å². The summed E-state index contributed by atoms with van der Waals surface area (Å²) in [5, 5.41) is 23.4. The molecule has 2 unspecified atom stereocenters. The lowest BCUT2D eigenvalue weighted by atomic mass is 10.00. The van der Waals surface area contributed by atoms with E-state index in [9.17, 15) is 10.2 Å². The van der Waals surface area contributed by atoms with Crippen LogP contribution in [0.15, 0.2) is 18.3 Å². The Labute approximate surface area is 126 Å². The molecule has 0 bridgehead atoms. The molecule has 1 rings (SSSR count). The SMILES string of the molecule is CCOC(O)C(C)(Nc1ccc(CC)nc1)C(O)OCC. The van der Waals surface area contributed by atoms with Crippen LogP contribution in [0.4, 0.5) is 5.69 Å². The molecule has 120 valence electrons. The fourth-order valence-electron chi connectivity index (χ4n) is 1.93. The molecule has 6 nitrogen and oxygen atoms in total. The quantitative estimate of drug-likeness (QED) is 0.600. The number of rotatable bonds is 9. The van der Waals surface area contributed by atoms with Crippen molar-refractivity contribution in [2.45, 2.75) is 52.2 Å². The van der Waals surface area contributed by atoms with E-state index in [-0.39, 0.29) is 0 Å². The van der Waals surface area contributed by atoms with Crippen LogP contribution in [-0.2, 0) is 15.9 Å². The monoisotopic (exact) mass is 298 g/mol. The van der Waals surface area contributed by atoms with Gasteiger partial charge in [0.2, 0.25) is 0 Å². The van der Waals surface area contributed by atoms with Gasteiger partial charge in [-0.25, -0.2) is 0 Å². The molecule has 0 fully saturated rings. The molecule has 0 spiro atoms. The number of nitrogens with one attached hydrogen (secondary N) is 1. The highest BCUT2D eigenvalue weighted by Gasteiger charge is 2.42.